The van der Waals surface area contributed by atoms with Gasteiger partial charge in [0.2, 0.25) is 0 Å². The molecule has 0 saturated heterocycles. The van der Waals surface area contributed by atoms with E-state index in [1.54, 1.807) is 12.1 Å². The summed E-state index contributed by atoms with van der Waals surface area (Å²) in [5.74, 6) is -0.300. The third-order valence-electron chi connectivity index (χ3n) is 2.60. The van der Waals surface area contributed by atoms with Crippen LogP contribution in [0.15, 0.2) is 42.6 Å². The zero-order valence-corrected chi connectivity index (χ0v) is 10.8. The molecule has 0 bridgehead atoms. The summed E-state index contributed by atoms with van der Waals surface area (Å²) in [4.78, 5) is 3.90. The molecule has 1 heterocycles. The Balaban J connectivity index is 2.20. The van der Waals surface area contributed by atoms with E-state index in [0.29, 0.717) is 11.1 Å². The number of aromatic nitrogens is 1. The van der Waals surface area contributed by atoms with E-state index >= 15 is 0 Å². The summed E-state index contributed by atoms with van der Waals surface area (Å²) in [6, 6.07) is 8.13. The zero-order valence-electron chi connectivity index (χ0n) is 10.1. The fourth-order valence-corrected chi connectivity index (χ4v) is 1.92. The van der Waals surface area contributed by atoms with Gasteiger partial charge in [0.15, 0.2) is 0 Å². The molecule has 0 saturated carbocycles. The molecule has 2 N–H and O–H groups in total. The molecule has 0 aliphatic heterocycles. The molecular weight excluding hydrogens is 293 g/mol. The highest BCUT2D eigenvalue weighted by Crippen LogP contribution is 2.28. The van der Waals surface area contributed by atoms with Gasteiger partial charge in [0.25, 0.3) is 0 Å². The maximum absolute atomic E-state index is 12.0. The SMILES string of the molecule is N[C@H](c1ccc(OC(F)(F)F)cc1)c1cccnc1Cl. The standard InChI is InChI=1S/C13H10ClF3N2O/c14-12-10(2-1-7-19-12)11(18)8-3-5-9(6-4-8)20-13(15,16)17/h1-7,11H,18H2/t11-/m1/s1. The van der Waals surface area contributed by atoms with Gasteiger partial charge in [-0.3, -0.25) is 0 Å². The van der Waals surface area contributed by atoms with Gasteiger partial charge in [0, 0.05) is 11.8 Å². The van der Waals surface area contributed by atoms with Gasteiger partial charge in [-0.1, -0.05) is 29.8 Å². The topological polar surface area (TPSA) is 48.1 Å². The van der Waals surface area contributed by atoms with Gasteiger partial charge < -0.3 is 10.5 Å². The van der Waals surface area contributed by atoms with E-state index in [9.17, 15) is 13.2 Å². The Morgan fingerprint density at radius 2 is 1.80 bits per heavy atom. The third kappa shape index (κ3) is 3.61. The molecule has 0 aliphatic rings. The molecule has 1 atom stereocenters. The molecule has 0 unspecified atom stereocenters. The molecule has 7 heteroatoms. The first-order valence-corrected chi connectivity index (χ1v) is 5.96. The number of halogens is 4. The Kier molecular flexibility index (Phi) is 4.15. The van der Waals surface area contributed by atoms with Crippen LogP contribution in [0.2, 0.25) is 5.15 Å². The summed E-state index contributed by atoms with van der Waals surface area (Å²) >= 11 is 5.92. The van der Waals surface area contributed by atoms with E-state index in [4.69, 9.17) is 17.3 Å². The molecule has 20 heavy (non-hydrogen) atoms. The van der Waals surface area contributed by atoms with Crippen LogP contribution in [0, 0.1) is 0 Å². The molecule has 1 aromatic carbocycles. The number of benzene rings is 1. The lowest BCUT2D eigenvalue weighted by atomic mass is 10.0. The average molecular weight is 303 g/mol. The second-order valence-electron chi connectivity index (χ2n) is 3.98. The summed E-state index contributed by atoms with van der Waals surface area (Å²) in [5.41, 5.74) is 7.21. The van der Waals surface area contributed by atoms with Crippen LogP contribution in [0.4, 0.5) is 13.2 Å². The van der Waals surface area contributed by atoms with E-state index < -0.39 is 12.4 Å². The highest BCUT2D eigenvalue weighted by atomic mass is 35.5. The lowest BCUT2D eigenvalue weighted by Crippen LogP contribution is -2.17. The Hall–Kier alpha value is -1.79. The van der Waals surface area contributed by atoms with Crippen molar-refractivity contribution in [3.8, 4) is 5.75 Å². The number of hydrogen-bond acceptors (Lipinski definition) is 3. The second kappa shape index (κ2) is 5.68. The average Bonchev–Trinajstić information content (AvgIpc) is 2.37. The number of ether oxygens (including phenoxy) is 1. The fourth-order valence-electron chi connectivity index (χ4n) is 1.69. The first kappa shape index (κ1) is 14.6. The van der Waals surface area contributed by atoms with Gasteiger partial charge in [-0.25, -0.2) is 4.98 Å². The van der Waals surface area contributed by atoms with Crippen molar-refractivity contribution in [1.82, 2.24) is 4.98 Å². The number of rotatable bonds is 3. The molecule has 0 fully saturated rings. The quantitative estimate of drug-likeness (QED) is 0.880. The Morgan fingerprint density at radius 1 is 1.15 bits per heavy atom. The molecule has 1 aromatic heterocycles. The second-order valence-corrected chi connectivity index (χ2v) is 4.34. The largest absolute Gasteiger partial charge is 0.573 e. The van der Waals surface area contributed by atoms with E-state index in [1.807, 2.05) is 0 Å². The fraction of sp³-hybridized carbons (Fsp3) is 0.154. The van der Waals surface area contributed by atoms with Crippen LogP contribution in [0.3, 0.4) is 0 Å². The molecule has 0 amide bonds. The van der Waals surface area contributed by atoms with Crippen molar-refractivity contribution in [1.29, 1.82) is 0 Å². The zero-order chi connectivity index (χ0) is 14.8. The van der Waals surface area contributed by atoms with Gasteiger partial charge in [-0.15, -0.1) is 13.2 Å². The van der Waals surface area contributed by atoms with Crippen molar-refractivity contribution >= 4 is 11.6 Å². The molecule has 3 nitrogen and oxygen atoms in total. The molecule has 106 valence electrons. The Labute approximate surface area is 118 Å². The van der Waals surface area contributed by atoms with E-state index in [0.717, 1.165) is 0 Å². The number of alkyl halides is 3. The van der Waals surface area contributed by atoms with Gasteiger partial charge in [0.05, 0.1) is 6.04 Å². The van der Waals surface area contributed by atoms with Crippen LogP contribution >= 0.6 is 11.6 Å². The van der Waals surface area contributed by atoms with E-state index in [1.165, 1.54) is 30.5 Å². The predicted octanol–water partition coefficient (Wildman–Crippen LogP) is 3.68. The summed E-state index contributed by atoms with van der Waals surface area (Å²) in [6.07, 6.45) is -3.19. The van der Waals surface area contributed by atoms with Gasteiger partial charge in [-0.2, -0.15) is 0 Å². The maximum atomic E-state index is 12.0. The van der Waals surface area contributed by atoms with Gasteiger partial charge in [0.1, 0.15) is 10.9 Å². The Bertz CT molecular complexity index is 587. The van der Waals surface area contributed by atoms with Crippen LogP contribution in [0.1, 0.15) is 17.2 Å². The van der Waals surface area contributed by atoms with Crippen molar-refractivity contribution in [2.24, 2.45) is 5.73 Å². The number of nitrogens with two attached hydrogens (primary N) is 1. The minimum atomic E-state index is -4.71. The van der Waals surface area contributed by atoms with Crippen molar-refractivity contribution < 1.29 is 17.9 Å². The van der Waals surface area contributed by atoms with Crippen LogP contribution < -0.4 is 10.5 Å². The lowest BCUT2D eigenvalue weighted by molar-refractivity contribution is -0.274. The predicted molar refractivity (Wildman–Crippen MR) is 68.4 cm³/mol. The van der Waals surface area contributed by atoms with E-state index in [-0.39, 0.29) is 10.9 Å². The number of nitrogens with zero attached hydrogens (tertiary/aromatic N) is 1. The van der Waals surface area contributed by atoms with Crippen molar-refractivity contribution in [3.63, 3.8) is 0 Å². The molecule has 2 rings (SSSR count). The first-order chi connectivity index (χ1) is 9.37. The van der Waals surface area contributed by atoms with Crippen LogP contribution in [-0.2, 0) is 0 Å². The lowest BCUT2D eigenvalue weighted by Gasteiger charge is -2.14. The molecule has 0 aliphatic carbocycles. The summed E-state index contributed by atoms with van der Waals surface area (Å²) < 4.78 is 39.9. The van der Waals surface area contributed by atoms with Gasteiger partial charge >= 0.3 is 6.36 Å². The van der Waals surface area contributed by atoms with Crippen LogP contribution in [0.5, 0.6) is 5.75 Å². The van der Waals surface area contributed by atoms with Crippen LogP contribution in [-0.4, -0.2) is 11.3 Å². The minimum absolute atomic E-state index is 0.260. The van der Waals surface area contributed by atoms with Gasteiger partial charge in [-0.05, 0) is 23.8 Å². The summed E-state index contributed by atoms with van der Waals surface area (Å²) in [5, 5.41) is 0.260. The number of pyridine rings is 1. The molecule has 0 radical (unpaired) electrons. The molecule has 2 aromatic rings. The normalized spacial score (nSPS) is 13.1. The summed E-state index contributed by atoms with van der Waals surface area (Å²) in [6.45, 7) is 0. The van der Waals surface area contributed by atoms with Crippen LogP contribution in [0.25, 0.3) is 0 Å². The summed E-state index contributed by atoms with van der Waals surface area (Å²) in [7, 11) is 0. The van der Waals surface area contributed by atoms with Crippen molar-refractivity contribution in [2.45, 2.75) is 12.4 Å². The molecular formula is C13H10ClF3N2O. The highest BCUT2D eigenvalue weighted by Gasteiger charge is 2.31. The number of hydrogen-bond donors (Lipinski definition) is 1. The first-order valence-electron chi connectivity index (χ1n) is 5.58. The van der Waals surface area contributed by atoms with Crippen molar-refractivity contribution in [2.75, 3.05) is 0 Å². The minimum Gasteiger partial charge on any atom is -0.406 e. The van der Waals surface area contributed by atoms with Crippen molar-refractivity contribution in [3.05, 3.63) is 58.9 Å². The third-order valence-corrected chi connectivity index (χ3v) is 2.91. The maximum Gasteiger partial charge on any atom is 0.573 e. The van der Waals surface area contributed by atoms with E-state index in [2.05, 4.69) is 9.72 Å². The molecule has 0 spiro atoms. The smallest absolute Gasteiger partial charge is 0.406 e. The highest BCUT2D eigenvalue weighted by molar-refractivity contribution is 6.30. The monoisotopic (exact) mass is 302 g/mol. The Morgan fingerprint density at radius 3 is 2.35 bits per heavy atom.